The number of piperidine rings is 1. The summed E-state index contributed by atoms with van der Waals surface area (Å²) in [6, 6.07) is -0.0583. The third-order valence-corrected chi connectivity index (χ3v) is 7.85. The Hall–Kier alpha value is -1.87. The second kappa shape index (κ2) is 10.4. The average molecular weight is 482 g/mol. The molecule has 0 radical (unpaired) electrons. The Morgan fingerprint density at radius 3 is 2.41 bits per heavy atom. The van der Waals surface area contributed by atoms with Crippen molar-refractivity contribution in [3.8, 4) is 0 Å². The number of halogens is 3. The number of piperazine rings is 1. The molecule has 0 bridgehead atoms. The summed E-state index contributed by atoms with van der Waals surface area (Å²) in [5.74, 6) is -3.31. The highest BCUT2D eigenvalue weighted by atomic mass is 19.3. The van der Waals surface area contributed by atoms with Crippen molar-refractivity contribution in [2.24, 2.45) is 0 Å². The third-order valence-electron chi connectivity index (χ3n) is 7.85. The molecule has 4 rings (SSSR count). The number of nitrogens with zero attached hydrogens (tertiary/aromatic N) is 4. The maximum absolute atomic E-state index is 15.0. The van der Waals surface area contributed by atoms with Crippen LogP contribution in [0.2, 0.25) is 0 Å². The second-order valence-electron chi connectivity index (χ2n) is 10.5. The van der Waals surface area contributed by atoms with Crippen molar-refractivity contribution in [2.45, 2.75) is 82.8 Å². The normalized spacial score (nSPS) is 27.2. The lowest BCUT2D eigenvalue weighted by Crippen LogP contribution is -2.66. The Morgan fingerprint density at radius 1 is 1.12 bits per heavy atom. The van der Waals surface area contributed by atoms with Crippen LogP contribution in [0.25, 0.3) is 0 Å². The van der Waals surface area contributed by atoms with Gasteiger partial charge in [0, 0.05) is 69.9 Å². The van der Waals surface area contributed by atoms with Crippen LogP contribution in [0.1, 0.15) is 63.1 Å². The van der Waals surface area contributed by atoms with E-state index >= 15 is 8.78 Å². The highest BCUT2D eigenvalue weighted by molar-refractivity contribution is 5.75. The second-order valence-corrected chi connectivity index (χ2v) is 10.5. The first kappa shape index (κ1) is 25.2. The van der Waals surface area contributed by atoms with Gasteiger partial charge >= 0.3 is 6.03 Å². The summed E-state index contributed by atoms with van der Waals surface area (Å²) in [6.07, 6.45) is 3.74. The van der Waals surface area contributed by atoms with Crippen LogP contribution in [-0.4, -0.2) is 89.0 Å². The van der Waals surface area contributed by atoms with Crippen molar-refractivity contribution >= 4 is 6.03 Å². The monoisotopic (exact) mass is 481 g/mol. The highest BCUT2D eigenvalue weighted by Crippen LogP contribution is 2.37. The molecular weight excluding hydrogens is 443 g/mol. The van der Waals surface area contributed by atoms with Crippen molar-refractivity contribution in [1.82, 2.24) is 25.0 Å². The van der Waals surface area contributed by atoms with Crippen molar-refractivity contribution in [1.29, 1.82) is 0 Å². The molecule has 3 heterocycles. The number of hydrogen-bond acceptors (Lipinski definition) is 4. The van der Waals surface area contributed by atoms with Gasteiger partial charge in [-0.2, -0.15) is 0 Å². The Labute approximate surface area is 200 Å². The van der Waals surface area contributed by atoms with E-state index < -0.39 is 18.0 Å². The van der Waals surface area contributed by atoms with Crippen LogP contribution in [0.3, 0.4) is 0 Å². The van der Waals surface area contributed by atoms with Crippen LogP contribution in [0.15, 0.2) is 12.3 Å². The molecule has 190 valence electrons. The van der Waals surface area contributed by atoms with E-state index in [2.05, 4.69) is 33.9 Å². The molecule has 1 aromatic rings. The van der Waals surface area contributed by atoms with Crippen LogP contribution >= 0.6 is 0 Å². The highest BCUT2D eigenvalue weighted by Gasteiger charge is 2.50. The number of carbonyl (C=O) groups is 1. The van der Waals surface area contributed by atoms with E-state index in [-0.39, 0.29) is 24.2 Å². The minimum Gasteiger partial charge on any atom is -0.328 e. The Morgan fingerprint density at radius 2 is 1.79 bits per heavy atom. The van der Waals surface area contributed by atoms with Gasteiger partial charge in [0.2, 0.25) is 0 Å². The first-order valence-corrected chi connectivity index (χ1v) is 12.7. The maximum Gasteiger partial charge on any atom is 0.317 e. The van der Waals surface area contributed by atoms with Crippen molar-refractivity contribution in [3.63, 3.8) is 0 Å². The number of pyridine rings is 1. The summed E-state index contributed by atoms with van der Waals surface area (Å²) in [5, 5.41) is 2.73. The quantitative estimate of drug-likeness (QED) is 0.706. The first-order valence-electron chi connectivity index (χ1n) is 12.7. The Balaban J connectivity index is 1.37. The molecule has 34 heavy (non-hydrogen) atoms. The summed E-state index contributed by atoms with van der Waals surface area (Å²) >= 11 is 0. The molecule has 1 N–H and O–H groups in total. The molecule has 2 atom stereocenters. The van der Waals surface area contributed by atoms with Gasteiger partial charge < -0.3 is 10.2 Å². The number of likely N-dealkylation sites (tertiary alicyclic amines) is 1. The standard InChI is InChI=1S/C25H38F3N5O/c1-17(2)31-11-13-32(14-12-31)21-5-4-8-25(27,28)23(21)30-24(34)33-9-6-19(7-10-33)22-20(26)15-18(3)16-29-22/h15-17,19,21,23H,4-14H2,1-3H3,(H,30,34). The topological polar surface area (TPSA) is 51.7 Å². The van der Waals surface area contributed by atoms with Gasteiger partial charge in [-0.1, -0.05) is 0 Å². The lowest BCUT2D eigenvalue weighted by Gasteiger charge is -2.47. The summed E-state index contributed by atoms with van der Waals surface area (Å²) in [5.41, 5.74) is 1.21. The van der Waals surface area contributed by atoms with Gasteiger partial charge in [-0.05, 0) is 58.1 Å². The fraction of sp³-hybridized carbons (Fsp3) is 0.760. The minimum absolute atomic E-state index is 0.0641. The molecule has 1 saturated carbocycles. The molecule has 9 heteroatoms. The number of alkyl halides is 2. The summed E-state index contributed by atoms with van der Waals surface area (Å²) < 4.78 is 44.4. The molecule has 2 aliphatic heterocycles. The van der Waals surface area contributed by atoms with Gasteiger partial charge in [0.15, 0.2) is 0 Å². The number of rotatable bonds is 4. The summed E-state index contributed by atoms with van der Waals surface area (Å²) in [7, 11) is 0. The third kappa shape index (κ3) is 5.51. The fourth-order valence-electron chi connectivity index (χ4n) is 5.76. The number of urea groups is 1. The molecule has 2 amide bonds. The van der Waals surface area contributed by atoms with Crippen molar-refractivity contribution < 1.29 is 18.0 Å². The smallest absolute Gasteiger partial charge is 0.317 e. The molecule has 2 unspecified atom stereocenters. The van der Waals surface area contributed by atoms with E-state index in [9.17, 15) is 9.18 Å². The van der Waals surface area contributed by atoms with Crippen LogP contribution in [0, 0.1) is 12.7 Å². The van der Waals surface area contributed by atoms with E-state index in [0.29, 0.717) is 50.5 Å². The lowest BCUT2D eigenvalue weighted by molar-refractivity contribution is -0.0973. The molecule has 0 aromatic carbocycles. The van der Waals surface area contributed by atoms with Crippen LogP contribution in [-0.2, 0) is 0 Å². The van der Waals surface area contributed by atoms with E-state index in [1.54, 1.807) is 18.0 Å². The van der Waals surface area contributed by atoms with Crippen LogP contribution in [0.4, 0.5) is 18.0 Å². The predicted molar refractivity (Wildman–Crippen MR) is 126 cm³/mol. The van der Waals surface area contributed by atoms with E-state index in [4.69, 9.17) is 0 Å². The van der Waals surface area contributed by atoms with E-state index in [1.165, 1.54) is 6.07 Å². The SMILES string of the molecule is Cc1cnc(C2CCN(C(=O)NC3C(N4CCN(C(C)C)CC4)CCCC3(F)F)CC2)c(F)c1. The lowest BCUT2D eigenvalue weighted by atomic mass is 9.85. The van der Waals surface area contributed by atoms with Crippen molar-refractivity contribution in [3.05, 3.63) is 29.3 Å². The molecule has 6 nitrogen and oxygen atoms in total. The van der Waals surface area contributed by atoms with Crippen LogP contribution < -0.4 is 5.32 Å². The van der Waals surface area contributed by atoms with E-state index in [0.717, 1.165) is 31.7 Å². The maximum atomic E-state index is 15.0. The summed E-state index contributed by atoms with van der Waals surface area (Å²) in [6.45, 7) is 10.1. The zero-order valence-electron chi connectivity index (χ0n) is 20.6. The molecule has 1 aliphatic carbocycles. The first-order chi connectivity index (χ1) is 16.2. The van der Waals surface area contributed by atoms with Gasteiger partial charge in [0.1, 0.15) is 11.9 Å². The van der Waals surface area contributed by atoms with E-state index in [1.807, 2.05) is 0 Å². The van der Waals surface area contributed by atoms with Crippen LogP contribution in [0.5, 0.6) is 0 Å². The largest absolute Gasteiger partial charge is 0.328 e. The van der Waals surface area contributed by atoms with Gasteiger partial charge in [-0.15, -0.1) is 0 Å². The number of amides is 2. The molecule has 3 fully saturated rings. The number of aryl methyl sites for hydroxylation is 1. The number of hydrogen-bond donors (Lipinski definition) is 1. The number of aromatic nitrogens is 1. The Kier molecular flexibility index (Phi) is 7.72. The van der Waals surface area contributed by atoms with Gasteiger partial charge in [0.05, 0.1) is 5.69 Å². The van der Waals surface area contributed by atoms with Crippen molar-refractivity contribution in [2.75, 3.05) is 39.3 Å². The minimum atomic E-state index is -2.93. The molecule has 1 aromatic heterocycles. The van der Waals surface area contributed by atoms with Gasteiger partial charge in [-0.3, -0.25) is 14.8 Å². The number of nitrogens with one attached hydrogen (secondary N) is 1. The predicted octanol–water partition coefficient (Wildman–Crippen LogP) is 4.00. The zero-order chi connectivity index (χ0) is 24.5. The fourth-order valence-corrected chi connectivity index (χ4v) is 5.76. The van der Waals surface area contributed by atoms with Gasteiger partial charge in [-0.25, -0.2) is 18.0 Å². The summed E-state index contributed by atoms with van der Waals surface area (Å²) in [4.78, 5) is 23.4. The molecule has 2 saturated heterocycles. The zero-order valence-corrected chi connectivity index (χ0v) is 20.6. The Bertz CT molecular complexity index is 851. The molecule has 0 spiro atoms. The number of carbonyl (C=O) groups excluding carboxylic acids is 1. The van der Waals surface area contributed by atoms with Gasteiger partial charge in [0.25, 0.3) is 5.92 Å². The molecular formula is C25H38F3N5O. The molecule has 3 aliphatic rings. The average Bonchev–Trinajstić information content (AvgIpc) is 2.80.